The van der Waals surface area contributed by atoms with E-state index in [1.54, 1.807) is 6.92 Å². The summed E-state index contributed by atoms with van der Waals surface area (Å²) >= 11 is 0. The fourth-order valence-corrected chi connectivity index (χ4v) is 6.33. The Morgan fingerprint density at radius 1 is 0.736 bits per heavy atom. The van der Waals surface area contributed by atoms with E-state index in [9.17, 15) is 28.4 Å². The number of carbonyl (C=O) groups is 5. The summed E-state index contributed by atoms with van der Waals surface area (Å²) in [6.45, 7) is 12.0. The third-order valence-electron chi connectivity index (χ3n) is 9.45. The van der Waals surface area contributed by atoms with E-state index in [-0.39, 0.29) is 49.5 Å². The number of rotatable bonds is 20. The molecule has 0 aliphatic carbocycles. The first-order valence-corrected chi connectivity index (χ1v) is 18.7. The maximum Gasteiger partial charge on any atom is 0.243 e. The summed E-state index contributed by atoms with van der Waals surface area (Å²) in [7, 11) is 0. The summed E-state index contributed by atoms with van der Waals surface area (Å²) in [5, 5.41) is 11.4. The first-order chi connectivity index (χ1) is 25.2. The predicted octanol–water partition coefficient (Wildman–Crippen LogP) is 2.72. The van der Waals surface area contributed by atoms with Crippen molar-refractivity contribution in [2.24, 2.45) is 11.8 Å². The molecule has 12 nitrogen and oxygen atoms in total. The molecule has 0 radical (unpaired) electrons. The second-order valence-electron chi connectivity index (χ2n) is 15.2. The SMILES string of the molecule is CC(C)CC(NC(=O)[C@H](CCc1ccccc1)NC(=O)CN1CCOCC1)C(=O)N[C@@H](Cc1ccc(F)cc1)C(=O)N[C@@H](CC(C)C)C(=O)[C@@]1(C)CO1. The molecule has 2 aliphatic heterocycles. The van der Waals surface area contributed by atoms with Crippen LogP contribution in [0.5, 0.6) is 0 Å². The smallest absolute Gasteiger partial charge is 0.243 e. The quantitative estimate of drug-likeness (QED) is 0.151. The summed E-state index contributed by atoms with van der Waals surface area (Å²) in [4.78, 5) is 70.4. The van der Waals surface area contributed by atoms with Crippen LogP contribution in [-0.2, 0) is 46.3 Å². The number of carbonyl (C=O) groups excluding carboxylic acids is 5. The van der Waals surface area contributed by atoms with Gasteiger partial charge in [0.05, 0.1) is 32.4 Å². The highest BCUT2D eigenvalue weighted by Crippen LogP contribution is 2.29. The Bertz CT molecular complexity index is 1530. The van der Waals surface area contributed by atoms with E-state index in [1.807, 2.05) is 62.9 Å². The summed E-state index contributed by atoms with van der Waals surface area (Å²) in [6.07, 6.45) is 1.43. The van der Waals surface area contributed by atoms with Crippen LogP contribution in [0.2, 0.25) is 0 Å². The average Bonchev–Trinajstić information content (AvgIpc) is 3.88. The topological polar surface area (TPSA) is 158 Å². The van der Waals surface area contributed by atoms with Gasteiger partial charge in [-0.05, 0) is 67.7 Å². The number of Topliss-reactive ketones (excluding diaryl/α,β-unsaturated/α-hetero) is 1. The highest BCUT2D eigenvalue weighted by Gasteiger charge is 2.50. The Morgan fingerprint density at radius 3 is 1.89 bits per heavy atom. The monoisotopic (exact) mass is 737 g/mol. The molecule has 4 amide bonds. The lowest BCUT2D eigenvalue weighted by Gasteiger charge is -2.29. The van der Waals surface area contributed by atoms with Crippen molar-refractivity contribution >= 4 is 29.4 Å². The number of hydrogen-bond donors (Lipinski definition) is 4. The van der Waals surface area contributed by atoms with Crippen molar-refractivity contribution in [1.82, 2.24) is 26.2 Å². The van der Waals surface area contributed by atoms with E-state index in [1.165, 1.54) is 24.3 Å². The number of hydrogen-bond acceptors (Lipinski definition) is 8. The molecule has 290 valence electrons. The normalized spacial score (nSPS) is 19.5. The summed E-state index contributed by atoms with van der Waals surface area (Å²) in [6, 6.07) is 11.2. The summed E-state index contributed by atoms with van der Waals surface area (Å²) in [5.74, 6) is -2.65. The number of benzene rings is 2. The Hall–Kier alpha value is -4.20. The van der Waals surface area contributed by atoms with Crippen molar-refractivity contribution in [3.8, 4) is 0 Å². The lowest BCUT2D eigenvalue weighted by molar-refractivity contribution is -0.135. The molecule has 0 bridgehead atoms. The highest BCUT2D eigenvalue weighted by molar-refractivity contribution is 5.98. The number of ether oxygens (including phenoxy) is 2. The molecule has 2 fully saturated rings. The minimum atomic E-state index is -1.16. The van der Waals surface area contributed by atoms with Crippen LogP contribution in [-0.4, -0.2) is 104 Å². The van der Waals surface area contributed by atoms with Gasteiger partial charge in [-0.2, -0.15) is 0 Å². The number of aryl methyl sites for hydroxylation is 1. The van der Waals surface area contributed by atoms with E-state index in [4.69, 9.17) is 9.47 Å². The molecule has 2 aliphatic rings. The van der Waals surface area contributed by atoms with Gasteiger partial charge >= 0.3 is 0 Å². The Morgan fingerprint density at radius 2 is 1.28 bits per heavy atom. The predicted molar refractivity (Wildman–Crippen MR) is 198 cm³/mol. The molecule has 0 aromatic heterocycles. The molecule has 5 atom stereocenters. The second-order valence-corrected chi connectivity index (χ2v) is 15.2. The van der Waals surface area contributed by atoms with E-state index in [2.05, 4.69) is 21.3 Å². The van der Waals surface area contributed by atoms with Gasteiger partial charge in [0.25, 0.3) is 0 Å². The standard InChI is InChI=1S/C40H56FN5O7/c1-26(2)21-32(36(48)40(5)25-53-40)43-39(51)34(23-29-11-14-30(41)15-12-29)45-38(50)33(22-27(3)4)44-37(49)31(16-13-28-9-7-6-8-10-28)42-35(47)24-46-17-19-52-20-18-46/h6-12,14-15,26-27,31-34H,13,16-25H2,1-5H3,(H,42,47)(H,43,51)(H,44,49)(H,45,50)/t31-,32-,33?,34-,40+/m0/s1. The van der Waals surface area contributed by atoms with Crippen LogP contribution in [0.25, 0.3) is 0 Å². The van der Waals surface area contributed by atoms with Crippen LogP contribution in [0.4, 0.5) is 4.39 Å². The lowest BCUT2D eigenvalue weighted by atomic mass is 9.93. The van der Waals surface area contributed by atoms with E-state index in [0.29, 0.717) is 51.1 Å². The highest BCUT2D eigenvalue weighted by atomic mass is 19.1. The molecule has 0 spiro atoms. The first kappa shape index (κ1) is 41.6. The first-order valence-electron chi connectivity index (χ1n) is 18.7. The van der Waals surface area contributed by atoms with Gasteiger partial charge in [0, 0.05) is 19.5 Å². The van der Waals surface area contributed by atoms with Crippen molar-refractivity contribution in [3.63, 3.8) is 0 Å². The Kier molecular flexibility index (Phi) is 15.5. The molecular weight excluding hydrogens is 681 g/mol. The van der Waals surface area contributed by atoms with Gasteiger partial charge in [-0.3, -0.25) is 28.9 Å². The van der Waals surface area contributed by atoms with Gasteiger partial charge in [-0.1, -0.05) is 70.2 Å². The maximum absolute atomic E-state index is 14.1. The van der Waals surface area contributed by atoms with E-state index < -0.39 is 53.3 Å². The van der Waals surface area contributed by atoms with Crippen LogP contribution in [0.15, 0.2) is 54.6 Å². The molecule has 13 heteroatoms. The molecule has 4 rings (SSSR count). The second kappa shape index (κ2) is 19.8. The van der Waals surface area contributed by atoms with Gasteiger partial charge in [-0.15, -0.1) is 0 Å². The molecule has 2 saturated heterocycles. The van der Waals surface area contributed by atoms with Crippen molar-refractivity contribution in [2.45, 2.75) is 96.5 Å². The van der Waals surface area contributed by atoms with Gasteiger partial charge in [0.2, 0.25) is 23.6 Å². The van der Waals surface area contributed by atoms with Gasteiger partial charge in [0.1, 0.15) is 29.5 Å². The molecule has 2 aromatic rings. The third-order valence-corrected chi connectivity index (χ3v) is 9.45. The molecule has 2 aromatic carbocycles. The van der Waals surface area contributed by atoms with Crippen LogP contribution in [0, 0.1) is 17.7 Å². The third kappa shape index (κ3) is 13.6. The van der Waals surface area contributed by atoms with Crippen molar-refractivity contribution in [1.29, 1.82) is 0 Å². The van der Waals surface area contributed by atoms with Gasteiger partial charge in [0.15, 0.2) is 5.78 Å². The van der Waals surface area contributed by atoms with E-state index >= 15 is 0 Å². The molecule has 4 N–H and O–H groups in total. The molecule has 2 heterocycles. The van der Waals surface area contributed by atoms with Gasteiger partial charge in [-0.25, -0.2) is 4.39 Å². The zero-order valence-electron chi connectivity index (χ0n) is 31.6. The van der Waals surface area contributed by atoms with Crippen molar-refractivity contribution < 1.29 is 37.8 Å². The summed E-state index contributed by atoms with van der Waals surface area (Å²) in [5.41, 5.74) is 0.615. The molecule has 1 unspecified atom stereocenters. The molecular formula is C40H56FN5O7. The fraction of sp³-hybridized carbons (Fsp3) is 0.575. The zero-order valence-corrected chi connectivity index (χ0v) is 31.6. The minimum Gasteiger partial charge on any atom is -0.379 e. The zero-order chi connectivity index (χ0) is 38.5. The number of epoxide rings is 1. The minimum absolute atomic E-state index is 0.00779. The maximum atomic E-state index is 14.1. The number of amides is 4. The Labute approximate surface area is 312 Å². The Balaban J connectivity index is 1.52. The largest absolute Gasteiger partial charge is 0.379 e. The van der Waals surface area contributed by atoms with Crippen molar-refractivity contribution in [2.75, 3.05) is 39.5 Å². The number of halogens is 1. The molecule has 0 saturated carbocycles. The summed E-state index contributed by atoms with van der Waals surface area (Å²) < 4.78 is 24.6. The van der Waals surface area contributed by atoms with E-state index in [0.717, 1.165) is 5.56 Å². The van der Waals surface area contributed by atoms with Crippen LogP contribution in [0.3, 0.4) is 0 Å². The van der Waals surface area contributed by atoms with Crippen LogP contribution < -0.4 is 21.3 Å². The van der Waals surface area contributed by atoms with Crippen molar-refractivity contribution in [3.05, 3.63) is 71.5 Å². The number of nitrogens with one attached hydrogen (secondary N) is 4. The number of morpholine rings is 1. The molecule has 53 heavy (non-hydrogen) atoms. The fourth-order valence-electron chi connectivity index (χ4n) is 6.33. The van der Waals surface area contributed by atoms with Gasteiger partial charge < -0.3 is 30.7 Å². The van der Waals surface area contributed by atoms with Crippen LogP contribution in [0.1, 0.15) is 65.0 Å². The number of nitrogens with zero attached hydrogens (tertiary/aromatic N) is 1. The number of ketones is 1. The lowest BCUT2D eigenvalue weighted by Crippen LogP contribution is -2.59. The average molecular weight is 738 g/mol. The van der Waals surface area contributed by atoms with Crippen LogP contribution >= 0.6 is 0 Å².